The first-order valence-corrected chi connectivity index (χ1v) is 8.27. The van der Waals surface area contributed by atoms with E-state index in [9.17, 15) is 4.79 Å². The van der Waals surface area contributed by atoms with E-state index < -0.39 is 0 Å². The third-order valence-corrected chi connectivity index (χ3v) is 4.99. The average molecular weight is 324 g/mol. The molecule has 1 heterocycles. The van der Waals surface area contributed by atoms with Crippen LogP contribution in [0, 0.1) is 11.8 Å². The second kappa shape index (κ2) is 8.54. The Hall–Kier alpha value is -1.06. The maximum atomic E-state index is 12.2. The molecule has 4 heteroatoms. The number of hydrogen-bond donors (Lipinski definition) is 1. The number of carbonyl (C=O) groups excluding carboxylic acids is 1. The van der Waals surface area contributed by atoms with E-state index in [0.717, 1.165) is 24.4 Å². The quantitative estimate of drug-likeness (QED) is 0.858. The summed E-state index contributed by atoms with van der Waals surface area (Å²) in [6.45, 7) is 1.36. The molecule has 2 atom stereocenters. The summed E-state index contributed by atoms with van der Waals surface area (Å²) in [4.78, 5) is 12.2. The molecule has 1 aromatic carbocycles. The molecule has 2 fully saturated rings. The van der Waals surface area contributed by atoms with Gasteiger partial charge in [0.2, 0.25) is 0 Å². The smallest absolute Gasteiger partial charge is 0.323 e. The number of hydrogen-bond acceptors (Lipinski definition) is 3. The van der Waals surface area contributed by atoms with Crippen LogP contribution in [0.2, 0.25) is 0 Å². The maximum absolute atomic E-state index is 12.2. The number of esters is 1. The van der Waals surface area contributed by atoms with Crippen molar-refractivity contribution in [2.24, 2.45) is 11.8 Å². The molecule has 0 radical (unpaired) electrons. The van der Waals surface area contributed by atoms with Gasteiger partial charge in [-0.25, -0.2) is 0 Å². The number of benzene rings is 1. The fourth-order valence-electron chi connectivity index (χ4n) is 3.74. The molecule has 22 heavy (non-hydrogen) atoms. The van der Waals surface area contributed by atoms with Gasteiger partial charge in [0.15, 0.2) is 0 Å². The zero-order valence-electron chi connectivity index (χ0n) is 13.0. The van der Waals surface area contributed by atoms with Crippen LogP contribution in [0.5, 0.6) is 0 Å². The Bertz CT molecular complexity index is 459. The summed E-state index contributed by atoms with van der Waals surface area (Å²) in [6, 6.07) is 9.78. The summed E-state index contributed by atoms with van der Waals surface area (Å²) in [5, 5.41) is 3.37. The molecule has 1 N–H and O–H groups in total. The largest absolute Gasteiger partial charge is 0.460 e. The Kier molecular flexibility index (Phi) is 6.71. The molecule has 1 aliphatic carbocycles. The van der Waals surface area contributed by atoms with Crippen molar-refractivity contribution in [1.29, 1.82) is 0 Å². The number of nitrogens with one attached hydrogen (secondary N) is 1. The first-order chi connectivity index (χ1) is 10.3. The highest BCUT2D eigenvalue weighted by molar-refractivity contribution is 5.85. The Morgan fingerprint density at radius 3 is 2.55 bits per heavy atom. The van der Waals surface area contributed by atoms with Crippen molar-refractivity contribution in [3.63, 3.8) is 0 Å². The Morgan fingerprint density at radius 2 is 1.82 bits per heavy atom. The number of halogens is 1. The minimum atomic E-state index is -0.0966. The van der Waals surface area contributed by atoms with Crippen LogP contribution in [0.4, 0.5) is 0 Å². The predicted molar refractivity (Wildman–Crippen MR) is 90.0 cm³/mol. The van der Waals surface area contributed by atoms with E-state index >= 15 is 0 Å². The Balaban J connectivity index is 0.00000176. The first-order valence-electron chi connectivity index (χ1n) is 8.27. The Morgan fingerprint density at radius 1 is 1.09 bits per heavy atom. The monoisotopic (exact) mass is 323 g/mol. The highest BCUT2D eigenvalue weighted by atomic mass is 35.5. The molecular formula is C18H26ClNO2. The molecule has 0 amide bonds. The minimum Gasteiger partial charge on any atom is -0.460 e. The summed E-state index contributed by atoms with van der Waals surface area (Å²) in [5.41, 5.74) is 1.05. The molecule has 0 bridgehead atoms. The average Bonchev–Trinajstić information content (AvgIpc) is 3.04. The molecule has 3 nitrogen and oxygen atoms in total. The van der Waals surface area contributed by atoms with Crippen LogP contribution in [-0.4, -0.2) is 18.6 Å². The van der Waals surface area contributed by atoms with Crippen molar-refractivity contribution in [3.05, 3.63) is 35.9 Å². The molecule has 122 valence electrons. The van der Waals surface area contributed by atoms with Crippen molar-refractivity contribution in [2.45, 2.75) is 51.2 Å². The van der Waals surface area contributed by atoms with Crippen molar-refractivity contribution in [3.8, 4) is 0 Å². The van der Waals surface area contributed by atoms with Gasteiger partial charge >= 0.3 is 5.97 Å². The van der Waals surface area contributed by atoms with Gasteiger partial charge in [-0.2, -0.15) is 0 Å². The van der Waals surface area contributed by atoms with Crippen molar-refractivity contribution < 1.29 is 9.53 Å². The first kappa shape index (κ1) is 17.3. The van der Waals surface area contributed by atoms with Gasteiger partial charge in [-0.3, -0.25) is 4.79 Å². The lowest BCUT2D eigenvalue weighted by Crippen LogP contribution is -2.32. The van der Waals surface area contributed by atoms with Crippen LogP contribution in [0.25, 0.3) is 0 Å². The zero-order valence-corrected chi connectivity index (χ0v) is 13.8. The van der Waals surface area contributed by atoms with E-state index in [2.05, 4.69) is 5.32 Å². The van der Waals surface area contributed by atoms with Crippen LogP contribution in [-0.2, 0) is 16.1 Å². The molecule has 3 rings (SSSR count). The third kappa shape index (κ3) is 4.47. The zero-order chi connectivity index (χ0) is 14.5. The molecule has 1 saturated carbocycles. The lowest BCUT2D eigenvalue weighted by Gasteiger charge is -2.26. The van der Waals surface area contributed by atoms with Gasteiger partial charge in [0.1, 0.15) is 12.6 Å². The second-order valence-corrected chi connectivity index (χ2v) is 6.45. The van der Waals surface area contributed by atoms with Crippen LogP contribution < -0.4 is 5.32 Å². The van der Waals surface area contributed by atoms with Gasteiger partial charge in [0.25, 0.3) is 0 Å². The summed E-state index contributed by atoms with van der Waals surface area (Å²) >= 11 is 0. The topological polar surface area (TPSA) is 38.3 Å². The number of carbonyl (C=O) groups is 1. The maximum Gasteiger partial charge on any atom is 0.323 e. The SMILES string of the molecule is Cl.O=C(OCc1ccccc1)[C@@H]1CC(C2CCCCC2)CN1. The van der Waals surface area contributed by atoms with Crippen LogP contribution in [0.3, 0.4) is 0 Å². The summed E-state index contributed by atoms with van der Waals surface area (Å²) in [7, 11) is 0. The molecule has 0 spiro atoms. The van der Waals surface area contributed by atoms with Gasteiger partial charge in [0, 0.05) is 0 Å². The highest BCUT2D eigenvalue weighted by Crippen LogP contribution is 2.34. The molecule has 1 unspecified atom stereocenters. The van der Waals surface area contributed by atoms with Crippen molar-refractivity contribution in [2.75, 3.05) is 6.54 Å². The van der Waals surface area contributed by atoms with E-state index in [-0.39, 0.29) is 24.4 Å². The predicted octanol–water partition coefficient (Wildman–Crippen LogP) is 3.71. The Labute approximate surface area is 139 Å². The van der Waals surface area contributed by atoms with Crippen molar-refractivity contribution >= 4 is 18.4 Å². The van der Waals surface area contributed by atoms with Crippen LogP contribution >= 0.6 is 12.4 Å². The van der Waals surface area contributed by atoms with Gasteiger partial charge in [-0.15, -0.1) is 12.4 Å². The highest BCUT2D eigenvalue weighted by Gasteiger charge is 2.35. The number of rotatable bonds is 4. The van der Waals surface area contributed by atoms with Gasteiger partial charge in [-0.05, 0) is 30.4 Å². The van der Waals surface area contributed by atoms with Gasteiger partial charge in [-0.1, -0.05) is 62.4 Å². The molecule has 1 saturated heterocycles. The van der Waals surface area contributed by atoms with Crippen LogP contribution in [0.15, 0.2) is 30.3 Å². The third-order valence-electron chi connectivity index (χ3n) is 4.99. The molecule has 0 aromatic heterocycles. The number of ether oxygens (including phenoxy) is 1. The van der Waals surface area contributed by atoms with Gasteiger partial charge in [0.05, 0.1) is 0 Å². The molecule has 1 aliphatic heterocycles. The standard InChI is InChI=1S/C18H25NO2.ClH/c20-18(21-13-14-7-3-1-4-8-14)17-11-16(12-19-17)15-9-5-2-6-10-15;/h1,3-4,7-8,15-17,19H,2,5-6,9-13H2;1H/t16?,17-;/m0./s1. The van der Waals surface area contributed by atoms with Gasteiger partial charge < -0.3 is 10.1 Å². The van der Waals surface area contributed by atoms with E-state index in [1.54, 1.807) is 0 Å². The summed E-state index contributed by atoms with van der Waals surface area (Å²) in [5.74, 6) is 1.40. The fraction of sp³-hybridized carbons (Fsp3) is 0.611. The molecule has 1 aromatic rings. The summed E-state index contributed by atoms with van der Waals surface area (Å²) in [6.07, 6.45) is 7.77. The van der Waals surface area contributed by atoms with E-state index in [4.69, 9.17) is 4.74 Å². The lowest BCUT2D eigenvalue weighted by atomic mass is 9.79. The van der Waals surface area contributed by atoms with Crippen LogP contribution in [0.1, 0.15) is 44.1 Å². The van der Waals surface area contributed by atoms with E-state index in [1.807, 2.05) is 30.3 Å². The van der Waals surface area contributed by atoms with E-state index in [1.165, 1.54) is 32.1 Å². The molecular weight excluding hydrogens is 298 g/mol. The molecule has 2 aliphatic rings. The lowest BCUT2D eigenvalue weighted by molar-refractivity contribution is -0.147. The summed E-state index contributed by atoms with van der Waals surface area (Å²) < 4.78 is 5.45. The fourth-order valence-corrected chi connectivity index (χ4v) is 3.74. The normalized spacial score (nSPS) is 25.5. The van der Waals surface area contributed by atoms with Crippen molar-refractivity contribution in [1.82, 2.24) is 5.32 Å². The minimum absolute atomic E-state index is 0. The second-order valence-electron chi connectivity index (χ2n) is 6.45. The van der Waals surface area contributed by atoms with E-state index in [0.29, 0.717) is 12.5 Å².